The molecule has 3 nitrogen and oxygen atoms in total. The first-order valence-corrected chi connectivity index (χ1v) is 3.58. The van der Waals surface area contributed by atoms with Crippen LogP contribution in [0.1, 0.15) is 12.6 Å². The van der Waals surface area contributed by atoms with Crippen molar-refractivity contribution in [1.82, 2.24) is 4.98 Å². The van der Waals surface area contributed by atoms with E-state index in [9.17, 15) is 4.79 Å². The molecule has 3 heteroatoms. The summed E-state index contributed by atoms with van der Waals surface area (Å²) in [6.07, 6.45) is 3.26. The average Bonchev–Trinajstić information content (AvgIpc) is 2.03. The summed E-state index contributed by atoms with van der Waals surface area (Å²) in [5, 5.41) is 2.65. The zero-order valence-corrected chi connectivity index (χ0v) is 6.87. The minimum absolute atomic E-state index is 0.0868. The van der Waals surface area contributed by atoms with E-state index >= 15 is 0 Å². The van der Waals surface area contributed by atoms with Gasteiger partial charge in [0.05, 0.1) is 5.69 Å². The first-order chi connectivity index (χ1) is 5.72. The number of aromatic nitrogens is 1. The number of carbonyl (C=O) groups excluding carboxylic acids is 1. The van der Waals surface area contributed by atoms with Gasteiger partial charge in [-0.25, -0.2) is 0 Å². The van der Waals surface area contributed by atoms with Gasteiger partial charge in [-0.3, -0.25) is 9.78 Å². The van der Waals surface area contributed by atoms with Crippen molar-refractivity contribution in [2.75, 3.05) is 5.32 Å². The summed E-state index contributed by atoms with van der Waals surface area (Å²) in [6, 6.07) is 3.49. The van der Waals surface area contributed by atoms with Crippen LogP contribution in [0.15, 0.2) is 24.9 Å². The van der Waals surface area contributed by atoms with Crippen LogP contribution in [0.2, 0.25) is 0 Å². The molecule has 1 aromatic rings. The average molecular weight is 162 g/mol. The van der Waals surface area contributed by atoms with Crippen LogP contribution < -0.4 is 5.32 Å². The molecule has 12 heavy (non-hydrogen) atoms. The predicted molar refractivity (Wildman–Crippen MR) is 48.6 cm³/mol. The molecule has 0 bridgehead atoms. The van der Waals surface area contributed by atoms with Crippen molar-refractivity contribution < 1.29 is 4.79 Å². The molecule has 0 aromatic carbocycles. The van der Waals surface area contributed by atoms with Crippen molar-refractivity contribution in [1.29, 1.82) is 0 Å². The number of pyridine rings is 1. The molecule has 1 aromatic heterocycles. The first kappa shape index (κ1) is 8.46. The monoisotopic (exact) mass is 162 g/mol. The van der Waals surface area contributed by atoms with E-state index < -0.39 is 0 Å². The molecule has 0 aliphatic carbocycles. The SMILES string of the molecule is C=Cc1cc(NC(C)=O)ccn1. The predicted octanol–water partition coefficient (Wildman–Crippen LogP) is 1.68. The van der Waals surface area contributed by atoms with Crippen molar-refractivity contribution in [3.8, 4) is 0 Å². The quantitative estimate of drug-likeness (QED) is 0.718. The van der Waals surface area contributed by atoms with Gasteiger partial charge in [-0.2, -0.15) is 0 Å². The fourth-order valence-electron chi connectivity index (χ4n) is 0.841. The summed E-state index contributed by atoms with van der Waals surface area (Å²) in [5.74, 6) is -0.0868. The van der Waals surface area contributed by atoms with Crippen LogP contribution >= 0.6 is 0 Å². The van der Waals surface area contributed by atoms with Crippen LogP contribution in [0, 0.1) is 0 Å². The lowest BCUT2D eigenvalue weighted by Crippen LogP contribution is -2.05. The van der Waals surface area contributed by atoms with Gasteiger partial charge in [0.15, 0.2) is 0 Å². The number of rotatable bonds is 2. The summed E-state index contributed by atoms with van der Waals surface area (Å²) in [6.45, 7) is 5.04. The van der Waals surface area contributed by atoms with Gasteiger partial charge in [0.25, 0.3) is 0 Å². The van der Waals surface area contributed by atoms with Crippen LogP contribution in [0.5, 0.6) is 0 Å². The number of hydrogen-bond acceptors (Lipinski definition) is 2. The Hall–Kier alpha value is -1.64. The highest BCUT2D eigenvalue weighted by Crippen LogP contribution is 2.07. The van der Waals surface area contributed by atoms with E-state index in [0.717, 1.165) is 11.4 Å². The van der Waals surface area contributed by atoms with E-state index in [-0.39, 0.29) is 5.91 Å². The molecule has 0 spiro atoms. The van der Waals surface area contributed by atoms with E-state index in [0.29, 0.717) is 0 Å². The van der Waals surface area contributed by atoms with E-state index in [1.165, 1.54) is 6.92 Å². The molecule has 1 amide bonds. The molecule has 1 N–H and O–H groups in total. The topological polar surface area (TPSA) is 42.0 Å². The molecular weight excluding hydrogens is 152 g/mol. The third kappa shape index (κ3) is 2.20. The zero-order valence-electron chi connectivity index (χ0n) is 6.87. The highest BCUT2D eigenvalue weighted by molar-refractivity contribution is 5.88. The largest absolute Gasteiger partial charge is 0.326 e. The van der Waals surface area contributed by atoms with Gasteiger partial charge in [0, 0.05) is 18.8 Å². The summed E-state index contributed by atoms with van der Waals surface area (Å²) in [5.41, 5.74) is 1.49. The molecule has 1 heterocycles. The van der Waals surface area contributed by atoms with Gasteiger partial charge in [-0.1, -0.05) is 6.58 Å². The van der Waals surface area contributed by atoms with Crippen LogP contribution in [0.3, 0.4) is 0 Å². The molecule has 0 aliphatic heterocycles. The second-order valence-corrected chi connectivity index (χ2v) is 2.35. The smallest absolute Gasteiger partial charge is 0.221 e. The summed E-state index contributed by atoms with van der Waals surface area (Å²) in [4.78, 5) is 14.7. The maximum absolute atomic E-state index is 10.7. The van der Waals surface area contributed by atoms with E-state index in [1.54, 1.807) is 24.4 Å². The van der Waals surface area contributed by atoms with Gasteiger partial charge in [0.2, 0.25) is 5.91 Å². The molecule has 0 atom stereocenters. The lowest BCUT2D eigenvalue weighted by Gasteiger charge is -2.01. The molecule has 1 rings (SSSR count). The maximum Gasteiger partial charge on any atom is 0.221 e. The molecule has 62 valence electrons. The minimum Gasteiger partial charge on any atom is -0.326 e. The number of nitrogens with one attached hydrogen (secondary N) is 1. The molecule has 0 unspecified atom stereocenters. The number of hydrogen-bond donors (Lipinski definition) is 1. The van der Waals surface area contributed by atoms with Crippen LogP contribution in [-0.2, 0) is 4.79 Å². The van der Waals surface area contributed by atoms with Crippen molar-refractivity contribution in [3.63, 3.8) is 0 Å². The highest BCUT2D eigenvalue weighted by atomic mass is 16.1. The third-order valence-corrected chi connectivity index (χ3v) is 1.31. The Morgan fingerprint density at radius 3 is 3.08 bits per heavy atom. The van der Waals surface area contributed by atoms with Gasteiger partial charge in [0.1, 0.15) is 0 Å². The Morgan fingerprint density at radius 1 is 1.75 bits per heavy atom. The normalized spacial score (nSPS) is 9.08. The molecule has 0 saturated carbocycles. The van der Waals surface area contributed by atoms with E-state index in [2.05, 4.69) is 16.9 Å². The molecule has 0 radical (unpaired) electrons. The number of amides is 1. The Labute approximate surface area is 71.1 Å². The van der Waals surface area contributed by atoms with Crippen LogP contribution in [-0.4, -0.2) is 10.9 Å². The maximum atomic E-state index is 10.7. The number of anilines is 1. The van der Waals surface area contributed by atoms with Crippen LogP contribution in [0.4, 0.5) is 5.69 Å². The number of carbonyl (C=O) groups is 1. The van der Waals surface area contributed by atoms with Crippen molar-refractivity contribution in [2.24, 2.45) is 0 Å². The van der Waals surface area contributed by atoms with Gasteiger partial charge in [-0.15, -0.1) is 0 Å². The van der Waals surface area contributed by atoms with Gasteiger partial charge in [-0.05, 0) is 18.2 Å². The van der Waals surface area contributed by atoms with E-state index in [4.69, 9.17) is 0 Å². The lowest BCUT2D eigenvalue weighted by molar-refractivity contribution is -0.114. The van der Waals surface area contributed by atoms with Gasteiger partial charge < -0.3 is 5.32 Å². The molecule has 0 aliphatic rings. The highest BCUT2D eigenvalue weighted by Gasteiger charge is 1.94. The lowest BCUT2D eigenvalue weighted by atomic mass is 10.3. The van der Waals surface area contributed by atoms with Crippen molar-refractivity contribution >= 4 is 17.7 Å². The zero-order chi connectivity index (χ0) is 8.97. The standard InChI is InChI=1S/C9H10N2O/c1-3-8-6-9(4-5-10-8)11-7(2)12/h3-6H,1H2,2H3,(H,10,11,12). The Morgan fingerprint density at radius 2 is 2.50 bits per heavy atom. The Balaban J connectivity index is 2.86. The second kappa shape index (κ2) is 3.67. The summed E-state index contributed by atoms with van der Waals surface area (Å²) < 4.78 is 0. The molecule has 0 saturated heterocycles. The first-order valence-electron chi connectivity index (χ1n) is 3.58. The Bertz CT molecular complexity index is 307. The fourth-order valence-corrected chi connectivity index (χ4v) is 0.841. The third-order valence-electron chi connectivity index (χ3n) is 1.31. The van der Waals surface area contributed by atoms with Crippen LogP contribution in [0.25, 0.3) is 6.08 Å². The summed E-state index contributed by atoms with van der Waals surface area (Å²) >= 11 is 0. The Kier molecular flexibility index (Phi) is 2.58. The van der Waals surface area contributed by atoms with E-state index in [1.807, 2.05) is 0 Å². The fraction of sp³-hybridized carbons (Fsp3) is 0.111. The molecular formula is C9H10N2O. The van der Waals surface area contributed by atoms with Crippen molar-refractivity contribution in [2.45, 2.75) is 6.92 Å². The number of nitrogens with zero attached hydrogens (tertiary/aromatic N) is 1. The molecule has 0 fully saturated rings. The second-order valence-electron chi connectivity index (χ2n) is 2.35. The minimum atomic E-state index is -0.0868. The van der Waals surface area contributed by atoms with Gasteiger partial charge >= 0.3 is 0 Å². The summed E-state index contributed by atoms with van der Waals surface area (Å²) in [7, 11) is 0. The van der Waals surface area contributed by atoms with Crippen molar-refractivity contribution in [3.05, 3.63) is 30.6 Å².